The number of nitrogens with two attached hydrogens (primary N) is 1. The van der Waals surface area contributed by atoms with Gasteiger partial charge >= 0.3 is 5.97 Å². The van der Waals surface area contributed by atoms with Crippen LogP contribution < -0.4 is 5.73 Å². The van der Waals surface area contributed by atoms with E-state index in [2.05, 4.69) is 18.6 Å². The fourth-order valence-electron chi connectivity index (χ4n) is 1.66. The van der Waals surface area contributed by atoms with Crippen molar-refractivity contribution in [1.82, 2.24) is 0 Å². The van der Waals surface area contributed by atoms with Gasteiger partial charge in [0.1, 0.15) is 0 Å². The van der Waals surface area contributed by atoms with E-state index in [-0.39, 0.29) is 12.0 Å². The second-order valence-electron chi connectivity index (χ2n) is 4.24. The molecule has 12 heavy (non-hydrogen) atoms. The quantitative estimate of drug-likeness (QED) is 0.642. The molecular formula is C9H17NO2. The van der Waals surface area contributed by atoms with Gasteiger partial charge in [0.15, 0.2) is 0 Å². The largest absolute Gasteiger partial charge is 0.469 e. The smallest absolute Gasteiger partial charge is 0.307 e. The Labute approximate surface area is 73.3 Å². The molecule has 1 unspecified atom stereocenters. The molecule has 0 aromatic heterocycles. The fraction of sp³-hybridized carbons (Fsp3) is 0.889. The molecule has 70 valence electrons. The average molecular weight is 171 g/mol. The minimum absolute atomic E-state index is 0.0209. The number of carbonyl (C=O) groups excluding carboxylic acids is 1. The van der Waals surface area contributed by atoms with E-state index in [4.69, 9.17) is 5.73 Å². The number of hydrogen-bond donors (Lipinski definition) is 1. The summed E-state index contributed by atoms with van der Waals surface area (Å²) >= 11 is 0. The molecule has 0 aromatic rings. The highest BCUT2D eigenvalue weighted by Crippen LogP contribution is 2.53. The van der Waals surface area contributed by atoms with E-state index in [1.807, 2.05) is 0 Å². The van der Waals surface area contributed by atoms with Crippen LogP contribution in [-0.2, 0) is 9.53 Å². The second-order valence-corrected chi connectivity index (χ2v) is 4.24. The molecule has 3 nitrogen and oxygen atoms in total. The van der Waals surface area contributed by atoms with Gasteiger partial charge in [-0.05, 0) is 17.8 Å². The summed E-state index contributed by atoms with van der Waals surface area (Å²) in [4.78, 5) is 10.9. The van der Waals surface area contributed by atoms with Crippen LogP contribution in [0.4, 0.5) is 0 Å². The van der Waals surface area contributed by atoms with Crippen LogP contribution in [-0.4, -0.2) is 19.1 Å². The third kappa shape index (κ3) is 1.97. The molecule has 0 aliphatic heterocycles. The van der Waals surface area contributed by atoms with Gasteiger partial charge in [0, 0.05) is 6.04 Å². The predicted octanol–water partition coefficient (Wildman–Crippen LogP) is 0.923. The van der Waals surface area contributed by atoms with Gasteiger partial charge in [0.2, 0.25) is 0 Å². The highest BCUT2D eigenvalue weighted by atomic mass is 16.5. The molecule has 1 aliphatic carbocycles. The molecule has 1 aliphatic rings. The maximum Gasteiger partial charge on any atom is 0.307 e. The van der Waals surface area contributed by atoms with Gasteiger partial charge in [0.05, 0.1) is 13.5 Å². The molecule has 0 saturated heterocycles. The van der Waals surface area contributed by atoms with E-state index in [0.717, 1.165) is 6.42 Å². The topological polar surface area (TPSA) is 52.3 Å². The van der Waals surface area contributed by atoms with E-state index < -0.39 is 0 Å². The summed E-state index contributed by atoms with van der Waals surface area (Å²) in [5.74, 6) is 0.293. The Morgan fingerprint density at radius 3 is 2.58 bits per heavy atom. The van der Waals surface area contributed by atoms with E-state index in [1.165, 1.54) is 7.11 Å². The Balaban J connectivity index is 2.31. The lowest BCUT2D eigenvalue weighted by Crippen LogP contribution is -2.28. The van der Waals surface area contributed by atoms with E-state index in [0.29, 0.717) is 17.8 Å². The summed E-state index contributed by atoms with van der Waals surface area (Å²) in [6.45, 7) is 4.35. The van der Waals surface area contributed by atoms with Crippen molar-refractivity contribution < 1.29 is 9.53 Å². The van der Waals surface area contributed by atoms with Gasteiger partial charge in [-0.2, -0.15) is 0 Å². The monoisotopic (exact) mass is 171 g/mol. The van der Waals surface area contributed by atoms with Crippen molar-refractivity contribution in [2.24, 2.45) is 17.1 Å². The number of rotatable bonds is 3. The Morgan fingerprint density at radius 2 is 2.25 bits per heavy atom. The lowest BCUT2D eigenvalue weighted by Gasteiger charge is -2.11. The van der Waals surface area contributed by atoms with Crippen molar-refractivity contribution in [2.75, 3.05) is 7.11 Å². The maximum atomic E-state index is 10.9. The van der Waals surface area contributed by atoms with Crippen LogP contribution >= 0.6 is 0 Å². The molecule has 0 aromatic carbocycles. The lowest BCUT2D eigenvalue weighted by molar-refractivity contribution is -0.141. The minimum Gasteiger partial charge on any atom is -0.469 e. The second kappa shape index (κ2) is 3.05. The molecule has 0 radical (unpaired) electrons. The van der Waals surface area contributed by atoms with Crippen LogP contribution in [0.25, 0.3) is 0 Å². The van der Waals surface area contributed by atoms with E-state index >= 15 is 0 Å². The molecule has 2 atom stereocenters. The maximum absolute atomic E-state index is 10.9. The third-order valence-electron chi connectivity index (χ3n) is 2.74. The molecular weight excluding hydrogens is 154 g/mol. The van der Waals surface area contributed by atoms with E-state index in [1.54, 1.807) is 0 Å². The molecule has 3 heteroatoms. The summed E-state index contributed by atoms with van der Waals surface area (Å²) in [6.07, 6.45) is 1.48. The zero-order valence-electron chi connectivity index (χ0n) is 7.96. The molecule has 1 rings (SSSR count). The molecule has 0 heterocycles. The fourth-order valence-corrected chi connectivity index (χ4v) is 1.66. The number of esters is 1. The van der Waals surface area contributed by atoms with Gasteiger partial charge in [-0.25, -0.2) is 0 Å². The van der Waals surface area contributed by atoms with Gasteiger partial charge in [-0.1, -0.05) is 13.8 Å². The number of ether oxygens (including phenoxy) is 1. The van der Waals surface area contributed by atoms with Crippen LogP contribution in [0, 0.1) is 11.3 Å². The summed E-state index contributed by atoms with van der Waals surface area (Å²) in [5, 5.41) is 0. The van der Waals surface area contributed by atoms with Crippen LogP contribution in [0.3, 0.4) is 0 Å². The molecule has 0 amide bonds. The van der Waals surface area contributed by atoms with Crippen LogP contribution in [0.2, 0.25) is 0 Å². The van der Waals surface area contributed by atoms with Gasteiger partial charge in [-0.15, -0.1) is 0 Å². The standard InChI is InChI=1S/C9H17NO2/c1-9(2)5-6(9)7(10)4-8(11)12-3/h6-7H,4-5,10H2,1-3H3/t6?,7-/m1/s1. The normalized spacial score (nSPS) is 27.8. The van der Waals surface area contributed by atoms with Crippen molar-refractivity contribution in [3.05, 3.63) is 0 Å². The SMILES string of the molecule is COC(=O)C[C@@H](N)C1CC1(C)C. The van der Waals surface area contributed by atoms with Crippen molar-refractivity contribution in [1.29, 1.82) is 0 Å². The Hall–Kier alpha value is -0.570. The highest BCUT2D eigenvalue weighted by molar-refractivity contribution is 5.70. The first-order chi connectivity index (χ1) is 5.47. The van der Waals surface area contributed by atoms with Crippen molar-refractivity contribution in [3.8, 4) is 0 Å². The van der Waals surface area contributed by atoms with Gasteiger partial charge in [0.25, 0.3) is 0 Å². The Bertz CT molecular complexity index is 189. The van der Waals surface area contributed by atoms with Crippen molar-refractivity contribution >= 4 is 5.97 Å². The molecule has 0 spiro atoms. The van der Waals surface area contributed by atoms with Crippen LogP contribution in [0.15, 0.2) is 0 Å². The summed E-state index contributed by atoms with van der Waals surface area (Å²) < 4.78 is 4.55. The number of methoxy groups -OCH3 is 1. The first-order valence-electron chi connectivity index (χ1n) is 4.30. The highest BCUT2D eigenvalue weighted by Gasteiger charge is 2.49. The number of hydrogen-bond acceptors (Lipinski definition) is 3. The van der Waals surface area contributed by atoms with Crippen molar-refractivity contribution in [2.45, 2.75) is 32.7 Å². The first kappa shape index (κ1) is 9.52. The van der Waals surface area contributed by atoms with E-state index in [9.17, 15) is 4.79 Å². The molecule has 0 bridgehead atoms. The molecule has 1 fully saturated rings. The van der Waals surface area contributed by atoms with Crippen LogP contribution in [0.5, 0.6) is 0 Å². The predicted molar refractivity (Wildman–Crippen MR) is 46.5 cm³/mol. The minimum atomic E-state index is -0.204. The summed E-state index contributed by atoms with van der Waals surface area (Å²) in [6, 6.07) is -0.0209. The number of carbonyl (C=O) groups is 1. The lowest BCUT2D eigenvalue weighted by atomic mass is 10.0. The van der Waals surface area contributed by atoms with Crippen LogP contribution in [0.1, 0.15) is 26.7 Å². The molecule has 2 N–H and O–H groups in total. The Kier molecular flexibility index (Phi) is 2.42. The van der Waals surface area contributed by atoms with Gasteiger partial charge < -0.3 is 10.5 Å². The molecule has 1 saturated carbocycles. The van der Waals surface area contributed by atoms with Crippen molar-refractivity contribution in [3.63, 3.8) is 0 Å². The average Bonchev–Trinajstić information content (AvgIpc) is 2.59. The summed E-state index contributed by atoms with van der Waals surface area (Å²) in [7, 11) is 1.40. The summed E-state index contributed by atoms with van der Waals surface area (Å²) in [5.41, 5.74) is 6.17. The van der Waals surface area contributed by atoms with Gasteiger partial charge in [-0.3, -0.25) is 4.79 Å². The third-order valence-corrected chi connectivity index (χ3v) is 2.74. The zero-order valence-corrected chi connectivity index (χ0v) is 7.96. The zero-order chi connectivity index (χ0) is 9.35. The Morgan fingerprint density at radius 1 is 1.75 bits per heavy atom. The first-order valence-corrected chi connectivity index (χ1v) is 4.30.